The van der Waals surface area contributed by atoms with Crippen LogP contribution in [0.5, 0.6) is 5.75 Å². The number of hydrogen-bond donors (Lipinski definition) is 1. The van der Waals surface area contributed by atoms with E-state index in [4.69, 9.17) is 9.84 Å². The van der Waals surface area contributed by atoms with Crippen molar-refractivity contribution in [3.05, 3.63) is 91.0 Å². The number of carbonyl (C=O) groups excluding carboxylic acids is 1. The Morgan fingerprint density at radius 1 is 1.00 bits per heavy atom. The number of amides is 1. The number of nitrogens with one attached hydrogen (secondary N) is 1. The summed E-state index contributed by atoms with van der Waals surface area (Å²) in [5.41, 5.74) is 3.49. The third-order valence-corrected chi connectivity index (χ3v) is 5.10. The van der Waals surface area contributed by atoms with E-state index in [1.807, 2.05) is 42.5 Å². The fraction of sp³-hybridized carbons (Fsp3) is 0.0800. The van der Waals surface area contributed by atoms with Crippen molar-refractivity contribution in [3.8, 4) is 28.4 Å². The van der Waals surface area contributed by atoms with Crippen LogP contribution in [0, 0.1) is 5.82 Å². The highest BCUT2D eigenvalue weighted by Gasteiger charge is 2.16. The average molecular weight is 454 g/mol. The Morgan fingerprint density at radius 2 is 1.82 bits per heavy atom. The van der Waals surface area contributed by atoms with E-state index in [0.717, 1.165) is 11.1 Å². The van der Waals surface area contributed by atoms with Gasteiger partial charge in [-0.25, -0.2) is 4.39 Å². The van der Waals surface area contributed by atoms with E-state index in [9.17, 15) is 9.18 Å². The molecule has 34 heavy (non-hydrogen) atoms. The maximum atomic E-state index is 13.1. The molecule has 3 aromatic heterocycles. The molecule has 0 aliphatic carbocycles. The van der Waals surface area contributed by atoms with Crippen LogP contribution in [0.3, 0.4) is 0 Å². The van der Waals surface area contributed by atoms with E-state index in [1.54, 1.807) is 29.9 Å². The Balaban J connectivity index is 1.36. The van der Waals surface area contributed by atoms with Crippen molar-refractivity contribution in [1.82, 2.24) is 24.8 Å². The summed E-state index contributed by atoms with van der Waals surface area (Å²) in [6, 6.07) is 20.2. The minimum Gasteiger partial charge on any atom is -0.481 e. The second-order valence-electron chi connectivity index (χ2n) is 7.54. The van der Waals surface area contributed by atoms with Crippen molar-refractivity contribution in [2.24, 2.45) is 0 Å². The van der Waals surface area contributed by atoms with Gasteiger partial charge in [0.15, 0.2) is 17.6 Å². The Bertz CT molecular complexity index is 1450. The molecule has 1 atom stereocenters. The van der Waals surface area contributed by atoms with Crippen LogP contribution in [0.15, 0.2) is 85.2 Å². The molecule has 3 heterocycles. The molecular weight excluding hydrogens is 435 g/mol. The van der Waals surface area contributed by atoms with Gasteiger partial charge >= 0.3 is 0 Å². The zero-order chi connectivity index (χ0) is 23.5. The maximum absolute atomic E-state index is 13.1. The van der Waals surface area contributed by atoms with Crippen LogP contribution in [0.25, 0.3) is 28.3 Å². The number of halogens is 1. The van der Waals surface area contributed by atoms with Crippen molar-refractivity contribution >= 4 is 17.2 Å². The van der Waals surface area contributed by atoms with Crippen molar-refractivity contribution in [2.75, 3.05) is 5.32 Å². The topological polar surface area (TPSA) is 94.3 Å². The number of nitrogens with zero attached hydrogens (tertiary/aromatic N) is 5. The third-order valence-electron chi connectivity index (χ3n) is 5.10. The predicted octanol–water partition coefficient (Wildman–Crippen LogP) is 4.40. The van der Waals surface area contributed by atoms with Gasteiger partial charge in [0, 0.05) is 29.2 Å². The van der Waals surface area contributed by atoms with Gasteiger partial charge in [-0.15, -0.1) is 10.2 Å². The lowest BCUT2D eigenvalue weighted by molar-refractivity contribution is -0.122. The number of hydrogen-bond acceptors (Lipinski definition) is 6. The zero-order valence-electron chi connectivity index (χ0n) is 18.1. The van der Waals surface area contributed by atoms with Crippen molar-refractivity contribution in [3.63, 3.8) is 0 Å². The molecule has 1 N–H and O–H groups in total. The molecule has 0 spiro atoms. The van der Waals surface area contributed by atoms with Crippen molar-refractivity contribution in [2.45, 2.75) is 13.0 Å². The molecule has 9 heteroatoms. The first-order chi connectivity index (χ1) is 16.6. The number of fused-ring (bicyclic) bond motifs is 1. The van der Waals surface area contributed by atoms with Crippen molar-refractivity contribution < 1.29 is 13.9 Å². The monoisotopic (exact) mass is 454 g/mol. The first-order valence-electron chi connectivity index (χ1n) is 10.5. The average Bonchev–Trinajstić information content (AvgIpc) is 3.29. The summed E-state index contributed by atoms with van der Waals surface area (Å²) in [6.45, 7) is 1.63. The predicted molar refractivity (Wildman–Crippen MR) is 125 cm³/mol. The first-order valence-corrected chi connectivity index (χ1v) is 10.5. The lowest BCUT2D eigenvalue weighted by atomic mass is 10.1. The molecule has 168 valence electrons. The van der Waals surface area contributed by atoms with E-state index in [0.29, 0.717) is 28.6 Å². The minimum absolute atomic E-state index is 0.331. The molecule has 0 saturated carbocycles. The van der Waals surface area contributed by atoms with Gasteiger partial charge in [-0.3, -0.25) is 9.78 Å². The molecule has 2 aromatic carbocycles. The van der Waals surface area contributed by atoms with Gasteiger partial charge in [0.2, 0.25) is 0 Å². The van der Waals surface area contributed by atoms with Crippen LogP contribution in [0.4, 0.5) is 10.1 Å². The molecule has 5 aromatic rings. The van der Waals surface area contributed by atoms with Crippen LogP contribution in [-0.4, -0.2) is 36.8 Å². The summed E-state index contributed by atoms with van der Waals surface area (Å²) in [7, 11) is 0. The molecule has 1 unspecified atom stereocenters. The van der Waals surface area contributed by atoms with Crippen molar-refractivity contribution in [1.29, 1.82) is 0 Å². The summed E-state index contributed by atoms with van der Waals surface area (Å²) in [6.07, 6.45) is 2.62. The summed E-state index contributed by atoms with van der Waals surface area (Å²) < 4.78 is 20.3. The van der Waals surface area contributed by atoms with Crippen LogP contribution < -0.4 is 10.1 Å². The third kappa shape index (κ3) is 4.44. The fourth-order valence-corrected chi connectivity index (χ4v) is 3.39. The summed E-state index contributed by atoms with van der Waals surface area (Å²) in [4.78, 5) is 16.8. The Morgan fingerprint density at radius 3 is 2.62 bits per heavy atom. The lowest BCUT2D eigenvalue weighted by Crippen LogP contribution is -2.30. The van der Waals surface area contributed by atoms with Crippen LogP contribution in [0.1, 0.15) is 6.92 Å². The Labute approximate surface area is 194 Å². The van der Waals surface area contributed by atoms with E-state index in [2.05, 4.69) is 20.5 Å². The highest BCUT2D eigenvalue weighted by Crippen LogP contribution is 2.23. The van der Waals surface area contributed by atoms with Gasteiger partial charge in [-0.2, -0.15) is 9.61 Å². The number of aromatic nitrogens is 5. The van der Waals surface area contributed by atoms with Gasteiger partial charge in [0.05, 0.1) is 5.69 Å². The van der Waals surface area contributed by atoms with Gasteiger partial charge in [0.1, 0.15) is 11.6 Å². The number of pyridine rings is 1. The number of carbonyl (C=O) groups is 1. The van der Waals surface area contributed by atoms with E-state index >= 15 is 0 Å². The molecule has 0 aliphatic rings. The quantitative estimate of drug-likeness (QED) is 0.409. The highest BCUT2D eigenvalue weighted by atomic mass is 19.1. The molecule has 5 rings (SSSR count). The highest BCUT2D eigenvalue weighted by molar-refractivity contribution is 5.94. The molecule has 0 aliphatic heterocycles. The van der Waals surface area contributed by atoms with Crippen LogP contribution in [0.2, 0.25) is 0 Å². The summed E-state index contributed by atoms with van der Waals surface area (Å²) in [5.74, 6) is 0.296. The normalized spacial score (nSPS) is 11.8. The number of rotatable bonds is 6. The summed E-state index contributed by atoms with van der Waals surface area (Å²) >= 11 is 0. The molecule has 0 radical (unpaired) electrons. The number of benzene rings is 2. The minimum atomic E-state index is -0.775. The van der Waals surface area contributed by atoms with Gasteiger partial charge in [0.25, 0.3) is 5.91 Å². The van der Waals surface area contributed by atoms with Crippen LogP contribution in [-0.2, 0) is 4.79 Å². The molecule has 1 amide bonds. The summed E-state index contributed by atoms with van der Waals surface area (Å²) in [5, 5.41) is 16.0. The Kier molecular flexibility index (Phi) is 5.65. The molecule has 0 fully saturated rings. The zero-order valence-corrected chi connectivity index (χ0v) is 18.1. The molecule has 8 nitrogen and oxygen atoms in total. The second-order valence-corrected chi connectivity index (χ2v) is 7.54. The van der Waals surface area contributed by atoms with Gasteiger partial charge < -0.3 is 10.1 Å². The fourth-order valence-electron chi connectivity index (χ4n) is 3.39. The van der Waals surface area contributed by atoms with E-state index in [1.165, 1.54) is 24.3 Å². The molecule has 0 bridgehead atoms. The SMILES string of the molecule is CC(Oc1ccc(F)cc1)C(=O)Nc1cccc(-c2ccc3nnc(-c4cccnc4)n3n2)c1. The first kappa shape index (κ1) is 21.2. The molecular formula is C25H19FN6O2. The van der Waals surface area contributed by atoms with Gasteiger partial charge in [-0.1, -0.05) is 12.1 Å². The lowest BCUT2D eigenvalue weighted by Gasteiger charge is -2.15. The second kappa shape index (κ2) is 9.07. The number of ether oxygens (including phenoxy) is 1. The number of anilines is 1. The Hall–Kier alpha value is -4.66. The largest absolute Gasteiger partial charge is 0.481 e. The van der Waals surface area contributed by atoms with E-state index < -0.39 is 6.10 Å². The van der Waals surface area contributed by atoms with Gasteiger partial charge in [-0.05, 0) is 67.6 Å². The maximum Gasteiger partial charge on any atom is 0.265 e. The molecule has 0 saturated heterocycles. The van der Waals surface area contributed by atoms with Crippen LogP contribution >= 0.6 is 0 Å². The van der Waals surface area contributed by atoms with E-state index in [-0.39, 0.29) is 11.7 Å². The standard InChI is InChI=1S/C25H19FN6O2/c1-16(34-21-9-7-19(26)8-10-21)25(33)28-20-6-2-4-17(14-20)22-11-12-23-29-30-24(32(23)31-22)18-5-3-13-27-15-18/h2-16H,1H3,(H,28,33). The smallest absolute Gasteiger partial charge is 0.265 e.